The second-order valence-electron chi connectivity index (χ2n) is 9.63. The number of nitrogens with zero attached hydrogens (tertiary/aromatic N) is 4. The van der Waals surface area contributed by atoms with Gasteiger partial charge in [-0.1, -0.05) is 0 Å². The van der Waals surface area contributed by atoms with Crippen molar-refractivity contribution in [2.24, 2.45) is 13.0 Å². The lowest BCUT2D eigenvalue weighted by Crippen LogP contribution is -2.44. The van der Waals surface area contributed by atoms with Gasteiger partial charge >= 0.3 is 0 Å². The molecule has 9 nitrogen and oxygen atoms in total. The van der Waals surface area contributed by atoms with E-state index in [-0.39, 0.29) is 25.2 Å². The van der Waals surface area contributed by atoms with E-state index in [1.807, 2.05) is 12.1 Å². The van der Waals surface area contributed by atoms with Crippen LogP contribution in [0.25, 0.3) is 0 Å². The summed E-state index contributed by atoms with van der Waals surface area (Å²) in [6.07, 6.45) is 4.77. The Bertz CT molecular complexity index is 1330. The molecule has 0 bridgehead atoms. The highest BCUT2D eigenvalue weighted by atomic mass is 79.9. The van der Waals surface area contributed by atoms with Gasteiger partial charge in [-0.3, -0.25) is 14.3 Å². The summed E-state index contributed by atoms with van der Waals surface area (Å²) >= 11 is 4.77. The predicted octanol–water partition coefficient (Wildman–Crippen LogP) is 4.60. The molecule has 13 heteroatoms. The van der Waals surface area contributed by atoms with Gasteiger partial charge < -0.3 is 20.3 Å². The Morgan fingerprint density at radius 2 is 2.18 bits per heavy atom. The van der Waals surface area contributed by atoms with E-state index in [0.29, 0.717) is 42.6 Å². The molecule has 5 rings (SSSR count). The van der Waals surface area contributed by atoms with Gasteiger partial charge in [-0.25, -0.2) is 13.8 Å². The lowest BCUT2D eigenvalue weighted by Gasteiger charge is -2.30. The Morgan fingerprint density at radius 1 is 1.34 bits per heavy atom. The largest absolute Gasteiger partial charge is 0.474 e. The zero-order valence-electron chi connectivity index (χ0n) is 20.6. The molecular formula is C25H27BrF2N6O3S. The van der Waals surface area contributed by atoms with E-state index in [1.54, 1.807) is 25.5 Å². The number of aryl methyl sites for hydroxylation is 1. The summed E-state index contributed by atoms with van der Waals surface area (Å²) < 4.78 is 35.7. The van der Waals surface area contributed by atoms with Crippen molar-refractivity contribution in [2.45, 2.75) is 44.2 Å². The van der Waals surface area contributed by atoms with Crippen LogP contribution in [-0.4, -0.2) is 51.7 Å². The number of ether oxygens (including phenoxy) is 1. The molecule has 4 heterocycles. The molecule has 38 heavy (non-hydrogen) atoms. The number of fused-ring (bicyclic) bond motifs is 1. The first-order chi connectivity index (χ1) is 18.1. The number of pyridine rings is 1. The standard InChI is InChI=1S/C25H27BrF2N6O3S/c1-33-13-17(12-30-33)31-22(35)19(8-15-4-5-25(27,28)10-15)32-23(36)21-3-2-18(38-21)14-34-6-7-37-24-20(34)9-16(26)11-29-24/h2-3,9,11-13,15,19H,4-8,10,14H2,1H3,(H,31,35)(H,32,36)/t15-,19+/m1/s1. The minimum Gasteiger partial charge on any atom is -0.474 e. The number of amides is 2. The van der Waals surface area contributed by atoms with E-state index in [2.05, 4.69) is 41.5 Å². The van der Waals surface area contributed by atoms with Crippen molar-refractivity contribution < 1.29 is 23.1 Å². The number of rotatable bonds is 8. The lowest BCUT2D eigenvalue weighted by atomic mass is 9.97. The maximum Gasteiger partial charge on any atom is 0.262 e. The Kier molecular flexibility index (Phi) is 7.66. The molecule has 0 radical (unpaired) electrons. The number of hydrogen-bond acceptors (Lipinski definition) is 7. The number of halogens is 3. The Hall–Kier alpha value is -3.06. The fraction of sp³-hybridized carbons (Fsp3) is 0.440. The number of carbonyl (C=O) groups is 2. The summed E-state index contributed by atoms with van der Waals surface area (Å²) in [4.78, 5) is 34.1. The average Bonchev–Trinajstić information content (AvgIpc) is 3.59. The molecular weight excluding hydrogens is 582 g/mol. The maximum absolute atomic E-state index is 13.8. The van der Waals surface area contributed by atoms with Crippen molar-refractivity contribution in [3.05, 3.63) is 51.0 Å². The summed E-state index contributed by atoms with van der Waals surface area (Å²) in [5, 5.41) is 9.56. The molecule has 2 N–H and O–H groups in total. The number of anilines is 2. The van der Waals surface area contributed by atoms with Crippen molar-refractivity contribution >= 4 is 50.5 Å². The number of carbonyl (C=O) groups excluding carboxylic acids is 2. The van der Waals surface area contributed by atoms with Gasteiger partial charge in [0, 0.05) is 41.6 Å². The first-order valence-corrected chi connectivity index (χ1v) is 13.9. The highest BCUT2D eigenvalue weighted by molar-refractivity contribution is 9.10. The van der Waals surface area contributed by atoms with Crippen molar-refractivity contribution in [2.75, 3.05) is 23.4 Å². The molecule has 2 atom stereocenters. The van der Waals surface area contributed by atoms with Gasteiger partial charge in [0.15, 0.2) is 0 Å². The summed E-state index contributed by atoms with van der Waals surface area (Å²) in [6, 6.07) is 4.58. The van der Waals surface area contributed by atoms with E-state index < -0.39 is 23.8 Å². The maximum atomic E-state index is 13.8. The van der Waals surface area contributed by atoms with Gasteiger partial charge in [0.05, 0.1) is 29.9 Å². The van der Waals surface area contributed by atoms with Crippen LogP contribution in [0, 0.1) is 5.92 Å². The predicted molar refractivity (Wildman–Crippen MR) is 143 cm³/mol. The quantitative estimate of drug-likeness (QED) is 0.387. The normalized spacial score (nSPS) is 18.9. The fourth-order valence-electron chi connectivity index (χ4n) is 4.82. The van der Waals surface area contributed by atoms with Gasteiger partial charge in [-0.2, -0.15) is 5.10 Å². The first-order valence-electron chi connectivity index (χ1n) is 12.3. The molecule has 0 spiro atoms. The molecule has 1 aliphatic heterocycles. The van der Waals surface area contributed by atoms with Crippen molar-refractivity contribution in [3.63, 3.8) is 0 Å². The van der Waals surface area contributed by atoms with E-state index in [9.17, 15) is 18.4 Å². The number of thiophene rings is 1. The van der Waals surface area contributed by atoms with E-state index in [0.717, 1.165) is 15.0 Å². The number of hydrogen-bond donors (Lipinski definition) is 2. The highest BCUT2D eigenvalue weighted by Crippen LogP contribution is 2.41. The van der Waals surface area contributed by atoms with E-state index >= 15 is 0 Å². The zero-order valence-corrected chi connectivity index (χ0v) is 23.0. The molecule has 0 unspecified atom stereocenters. The Labute approximate surface area is 230 Å². The van der Waals surface area contributed by atoms with Crippen LogP contribution in [0.2, 0.25) is 0 Å². The second-order valence-corrected chi connectivity index (χ2v) is 11.7. The smallest absolute Gasteiger partial charge is 0.262 e. The summed E-state index contributed by atoms with van der Waals surface area (Å²) in [6.45, 7) is 1.75. The lowest BCUT2D eigenvalue weighted by molar-refractivity contribution is -0.118. The summed E-state index contributed by atoms with van der Waals surface area (Å²) in [5.41, 5.74) is 1.34. The molecule has 1 fully saturated rings. The molecule has 1 saturated carbocycles. The molecule has 3 aromatic heterocycles. The van der Waals surface area contributed by atoms with Crippen LogP contribution in [0.15, 0.2) is 41.3 Å². The minimum atomic E-state index is -2.73. The van der Waals surface area contributed by atoms with E-state index in [1.165, 1.54) is 22.2 Å². The molecule has 0 saturated heterocycles. The van der Waals surface area contributed by atoms with Crippen LogP contribution in [0.3, 0.4) is 0 Å². The number of alkyl halides is 2. The third-order valence-corrected chi connectivity index (χ3v) is 8.14. The summed E-state index contributed by atoms with van der Waals surface area (Å²) in [5.74, 6) is -3.40. The van der Waals surface area contributed by atoms with Crippen molar-refractivity contribution in [1.82, 2.24) is 20.1 Å². The molecule has 2 amide bonds. The highest BCUT2D eigenvalue weighted by Gasteiger charge is 2.41. The molecule has 1 aliphatic carbocycles. The second kappa shape index (κ2) is 11.0. The Morgan fingerprint density at radius 3 is 2.92 bits per heavy atom. The van der Waals surface area contributed by atoms with Crippen LogP contribution < -0.4 is 20.3 Å². The van der Waals surface area contributed by atoms with Crippen molar-refractivity contribution in [1.29, 1.82) is 0 Å². The van der Waals surface area contributed by atoms with Crippen LogP contribution >= 0.6 is 27.3 Å². The van der Waals surface area contributed by atoms with E-state index in [4.69, 9.17) is 4.74 Å². The minimum absolute atomic E-state index is 0.137. The molecule has 202 valence electrons. The SMILES string of the molecule is Cn1cc(NC(=O)[C@H](C[C@H]2CCC(F)(F)C2)NC(=O)c2ccc(CN3CCOc4ncc(Br)cc43)s2)cn1. The van der Waals surface area contributed by atoms with Gasteiger partial charge in [0.2, 0.25) is 17.7 Å². The van der Waals surface area contributed by atoms with Crippen LogP contribution in [-0.2, 0) is 18.4 Å². The van der Waals surface area contributed by atoms with Crippen LogP contribution in [0.1, 0.15) is 40.2 Å². The third-order valence-electron chi connectivity index (χ3n) is 6.64. The number of nitrogens with one attached hydrogen (secondary N) is 2. The number of aromatic nitrogens is 3. The summed E-state index contributed by atoms with van der Waals surface area (Å²) in [7, 11) is 1.72. The molecule has 0 aromatic carbocycles. The Balaban J connectivity index is 1.27. The van der Waals surface area contributed by atoms with Gasteiger partial charge in [0.25, 0.3) is 5.91 Å². The average molecular weight is 609 g/mol. The molecule has 3 aromatic rings. The topological polar surface area (TPSA) is 101 Å². The van der Waals surface area contributed by atoms with Gasteiger partial charge in [0.1, 0.15) is 18.3 Å². The van der Waals surface area contributed by atoms with Crippen LogP contribution in [0.5, 0.6) is 5.88 Å². The fourth-order valence-corrected chi connectivity index (χ4v) is 6.06. The molecule has 2 aliphatic rings. The third kappa shape index (κ3) is 6.32. The van der Waals surface area contributed by atoms with Crippen LogP contribution in [0.4, 0.5) is 20.2 Å². The van der Waals surface area contributed by atoms with Gasteiger partial charge in [-0.05, 0) is 52.9 Å². The van der Waals surface area contributed by atoms with Crippen molar-refractivity contribution in [3.8, 4) is 5.88 Å². The first kappa shape index (κ1) is 26.5. The monoisotopic (exact) mass is 608 g/mol. The zero-order chi connectivity index (χ0) is 26.9. The van der Waals surface area contributed by atoms with Gasteiger partial charge in [-0.15, -0.1) is 11.3 Å².